The van der Waals surface area contributed by atoms with Gasteiger partial charge in [0.2, 0.25) is 0 Å². The summed E-state index contributed by atoms with van der Waals surface area (Å²) in [7, 11) is -7.21. The fourth-order valence-electron chi connectivity index (χ4n) is 1.33. The van der Waals surface area contributed by atoms with E-state index in [4.69, 9.17) is 17.2 Å². The van der Waals surface area contributed by atoms with Crippen molar-refractivity contribution in [3.8, 4) is 0 Å². The van der Waals surface area contributed by atoms with E-state index >= 15 is 0 Å². The summed E-state index contributed by atoms with van der Waals surface area (Å²) < 4.78 is 55.8. The molecule has 0 bridgehead atoms. The predicted octanol–water partition coefficient (Wildman–Crippen LogP) is 1.08. The van der Waals surface area contributed by atoms with Crippen molar-refractivity contribution >= 4 is 31.5 Å². The fourth-order valence-corrected chi connectivity index (χ4v) is 1.84. The Morgan fingerprint density at radius 1 is 0.889 bits per heavy atom. The summed E-state index contributed by atoms with van der Waals surface area (Å²) in [5.74, 6) is 0. The van der Waals surface area contributed by atoms with Crippen LogP contribution in [0, 0.1) is 0 Å². The molecule has 0 fully saturated rings. The van der Waals surface area contributed by atoms with Crippen LogP contribution < -0.4 is 0 Å². The van der Waals surface area contributed by atoms with Gasteiger partial charge >= 0.3 is 10.6 Å². The summed E-state index contributed by atoms with van der Waals surface area (Å²) in [6.45, 7) is 0. The van der Waals surface area contributed by atoms with Gasteiger partial charge in [-0.3, -0.25) is 4.55 Å². The highest BCUT2D eigenvalue weighted by Crippen LogP contribution is 2.18. The second kappa shape index (κ2) is 5.71. The lowest BCUT2D eigenvalue weighted by Crippen LogP contribution is -1.97. The lowest BCUT2D eigenvalue weighted by Gasteiger charge is -1.99. The van der Waals surface area contributed by atoms with Crippen LogP contribution in [0.15, 0.2) is 47.4 Å². The van der Waals surface area contributed by atoms with Crippen molar-refractivity contribution < 1.29 is 25.6 Å². The van der Waals surface area contributed by atoms with E-state index in [2.05, 4.69) is 0 Å². The lowest BCUT2D eigenvalue weighted by molar-refractivity contribution is 0.483. The molecule has 2 rings (SSSR count). The summed E-state index contributed by atoms with van der Waals surface area (Å²) in [6.07, 6.45) is 0. The molecule has 0 aliphatic rings. The quantitative estimate of drug-likeness (QED) is 0.787. The van der Waals surface area contributed by atoms with Gasteiger partial charge in [0, 0.05) is 0 Å². The first kappa shape index (κ1) is 14.3. The van der Waals surface area contributed by atoms with Gasteiger partial charge in [0.1, 0.15) is 0 Å². The SMILES string of the molecule is O=S(=O)(O)c1ccc2ccccc2c1.O=S(=O)=O. The van der Waals surface area contributed by atoms with E-state index in [1.54, 1.807) is 12.1 Å². The standard InChI is InChI=1S/C10H8O3S.O3S/c11-14(12,13)10-6-5-8-3-1-2-4-9(8)7-10;1-4(2)3/h1-7H,(H,11,12,13);. The Balaban J connectivity index is 0.000000357. The van der Waals surface area contributed by atoms with Crippen molar-refractivity contribution in [1.29, 1.82) is 0 Å². The van der Waals surface area contributed by atoms with E-state index in [0.717, 1.165) is 10.8 Å². The smallest absolute Gasteiger partial charge is 0.282 e. The second-order valence-electron chi connectivity index (χ2n) is 3.19. The molecule has 6 nitrogen and oxygen atoms in total. The van der Waals surface area contributed by atoms with Crippen molar-refractivity contribution in [3.63, 3.8) is 0 Å². The van der Waals surface area contributed by atoms with Gasteiger partial charge in [-0.1, -0.05) is 30.3 Å². The van der Waals surface area contributed by atoms with Gasteiger partial charge in [0.25, 0.3) is 10.1 Å². The van der Waals surface area contributed by atoms with Gasteiger partial charge in [-0.2, -0.15) is 8.42 Å². The van der Waals surface area contributed by atoms with Gasteiger partial charge in [-0.05, 0) is 22.9 Å². The number of hydrogen-bond acceptors (Lipinski definition) is 5. The minimum atomic E-state index is -4.09. The predicted molar refractivity (Wildman–Crippen MR) is 63.5 cm³/mol. The van der Waals surface area contributed by atoms with Crippen LogP contribution in [0.25, 0.3) is 10.8 Å². The molecular formula is C10H8O6S2. The van der Waals surface area contributed by atoms with E-state index < -0.39 is 20.7 Å². The summed E-state index contributed by atoms with van der Waals surface area (Å²) in [5, 5.41) is 1.74. The first-order valence-electron chi connectivity index (χ1n) is 4.54. The number of benzene rings is 2. The van der Waals surface area contributed by atoms with Crippen LogP contribution in [-0.2, 0) is 20.7 Å². The second-order valence-corrected chi connectivity index (χ2v) is 5.02. The third-order valence-corrected chi connectivity index (χ3v) is 2.87. The molecule has 0 radical (unpaired) electrons. The molecule has 0 aromatic heterocycles. The highest BCUT2D eigenvalue weighted by molar-refractivity contribution is 7.85. The van der Waals surface area contributed by atoms with Gasteiger partial charge in [-0.25, -0.2) is 0 Å². The van der Waals surface area contributed by atoms with E-state index in [0.29, 0.717) is 0 Å². The maximum Gasteiger partial charge on any atom is 0.425 e. The van der Waals surface area contributed by atoms with E-state index in [1.165, 1.54) is 12.1 Å². The molecule has 8 heteroatoms. The van der Waals surface area contributed by atoms with Gasteiger partial charge < -0.3 is 0 Å². The van der Waals surface area contributed by atoms with Crippen LogP contribution in [0.5, 0.6) is 0 Å². The maximum absolute atomic E-state index is 10.8. The molecular weight excluding hydrogens is 280 g/mol. The molecule has 96 valence electrons. The van der Waals surface area contributed by atoms with Crippen LogP contribution in [0.2, 0.25) is 0 Å². The first-order valence-corrected chi connectivity index (χ1v) is 6.98. The molecule has 0 spiro atoms. The third-order valence-electron chi connectivity index (χ3n) is 2.02. The Kier molecular flexibility index (Phi) is 4.54. The summed E-state index contributed by atoms with van der Waals surface area (Å²) in [6, 6.07) is 11.9. The fraction of sp³-hybridized carbons (Fsp3) is 0. The Morgan fingerprint density at radius 2 is 1.39 bits per heavy atom. The molecule has 0 aliphatic heterocycles. The average Bonchev–Trinajstić information content (AvgIpc) is 2.26. The van der Waals surface area contributed by atoms with Gasteiger partial charge in [0.15, 0.2) is 0 Å². The molecule has 0 atom stereocenters. The van der Waals surface area contributed by atoms with Crippen molar-refractivity contribution in [2.24, 2.45) is 0 Å². The number of fused-ring (bicyclic) bond motifs is 1. The normalized spacial score (nSPS) is 10.5. The zero-order chi connectivity index (χ0) is 13.8. The van der Waals surface area contributed by atoms with E-state index in [-0.39, 0.29) is 4.90 Å². The van der Waals surface area contributed by atoms with Crippen molar-refractivity contribution in [1.82, 2.24) is 0 Å². The molecule has 1 N–H and O–H groups in total. The van der Waals surface area contributed by atoms with Crippen molar-refractivity contribution in [2.45, 2.75) is 4.90 Å². The minimum Gasteiger partial charge on any atom is -0.282 e. The largest absolute Gasteiger partial charge is 0.425 e. The molecule has 18 heavy (non-hydrogen) atoms. The van der Waals surface area contributed by atoms with Crippen LogP contribution in [0.3, 0.4) is 0 Å². The molecule has 0 amide bonds. The monoisotopic (exact) mass is 288 g/mol. The zero-order valence-corrected chi connectivity index (χ0v) is 10.5. The Labute approximate surface area is 105 Å². The van der Waals surface area contributed by atoms with Crippen LogP contribution in [0.1, 0.15) is 0 Å². The summed E-state index contributed by atoms with van der Waals surface area (Å²) in [4.78, 5) is -0.0730. The molecule has 0 saturated heterocycles. The van der Waals surface area contributed by atoms with E-state index in [1.807, 2.05) is 18.2 Å². The topological polar surface area (TPSA) is 106 Å². The van der Waals surface area contributed by atoms with E-state index in [9.17, 15) is 8.42 Å². The molecule has 0 saturated carbocycles. The summed E-state index contributed by atoms with van der Waals surface area (Å²) >= 11 is 0. The van der Waals surface area contributed by atoms with Gasteiger partial charge in [0.05, 0.1) is 4.90 Å². The lowest BCUT2D eigenvalue weighted by atomic mass is 10.1. The molecule has 2 aromatic rings. The molecule has 2 aromatic carbocycles. The van der Waals surface area contributed by atoms with Crippen LogP contribution in [0.4, 0.5) is 0 Å². The van der Waals surface area contributed by atoms with Crippen LogP contribution in [-0.4, -0.2) is 25.6 Å². The Hall–Kier alpha value is -1.77. The van der Waals surface area contributed by atoms with Crippen molar-refractivity contribution in [2.75, 3.05) is 0 Å². The first-order chi connectivity index (χ1) is 8.30. The van der Waals surface area contributed by atoms with Crippen molar-refractivity contribution in [3.05, 3.63) is 42.5 Å². The van der Waals surface area contributed by atoms with Gasteiger partial charge in [-0.15, -0.1) is 12.6 Å². The molecule has 0 aliphatic carbocycles. The number of rotatable bonds is 1. The third kappa shape index (κ3) is 4.24. The average molecular weight is 288 g/mol. The minimum absolute atomic E-state index is 0.0730. The number of hydrogen-bond donors (Lipinski definition) is 1. The van der Waals surface area contributed by atoms with Crippen LogP contribution >= 0.6 is 0 Å². The highest BCUT2D eigenvalue weighted by Gasteiger charge is 2.08. The molecule has 0 unspecified atom stereocenters. The summed E-state index contributed by atoms with van der Waals surface area (Å²) in [5.41, 5.74) is 0. The maximum atomic E-state index is 10.8. The zero-order valence-electron chi connectivity index (χ0n) is 8.85. The Bertz CT molecular complexity index is 755. The Morgan fingerprint density at radius 3 is 1.89 bits per heavy atom. The molecule has 0 heterocycles. The highest BCUT2D eigenvalue weighted by atomic mass is 32.2.